The average Bonchev–Trinajstić information content (AvgIpc) is 2.93. The first-order chi connectivity index (χ1) is 13.2. The Bertz CT molecular complexity index is 934. The van der Waals surface area contributed by atoms with Gasteiger partial charge in [0.25, 0.3) is 5.56 Å². The van der Waals surface area contributed by atoms with Gasteiger partial charge >= 0.3 is 0 Å². The Morgan fingerprint density at radius 2 is 2.07 bits per heavy atom. The summed E-state index contributed by atoms with van der Waals surface area (Å²) in [6, 6.07) is 0.241. The van der Waals surface area contributed by atoms with E-state index in [1.165, 1.54) is 24.6 Å². The molecule has 0 spiro atoms. The monoisotopic (exact) mass is 421 g/mol. The minimum Gasteiger partial charge on any atom is -0.352 e. The summed E-state index contributed by atoms with van der Waals surface area (Å²) >= 11 is 2.94. The van der Waals surface area contributed by atoms with Gasteiger partial charge in [0.05, 0.1) is 10.6 Å². The molecule has 0 aliphatic heterocycles. The van der Waals surface area contributed by atoms with E-state index in [1.807, 2.05) is 27.7 Å². The Morgan fingerprint density at radius 3 is 2.75 bits per heavy atom. The van der Waals surface area contributed by atoms with Crippen LogP contribution in [0.2, 0.25) is 0 Å². The van der Waals surface area contributed by atoms with Gasteiger partial charge < -0.3 is 5.32 Å². The van der Waals surface area contributed by atoms with E-state index in [1.54, 1.807) is 15.9 Å². The molecular formula is C21H31N3O2S2. The summed E-state index contributed by atoms with van der Waals surface area (Å²) in [5.74, 6) is 1.17. The lowest BCUT2D eigenvalue weighted by Gasteiger charge is -2.35. The van der Waals surface area contributed by atoms with Gasteiger partial charge in [-0.2, -0.15) is 0 Å². The number of rotatable bonds is 5. The van der Waals surface area contributed by atoms with Gasteiger partial charge in [0.1, 0.15) is 4.83 Å². The summed E-state index contributed by atoms with van der Waals surface area (Å²) < 4.78 is 1.70. The van der Waals surface area contributed by atoms with E-state index in [0.29, 0.717) is 23.5 Å². The number of carbonyl (C=O) groups excluding carboxylic acids is 1. The van der Waals surface area contributed by atoms with Crippen molar-refractivity contribution in [3.63, 3.8) is 0 Å². The largest absolute Gasteiger partial charge is 0.352 e. The number of aryl methyl sites for hydroxylation is 2. The summed E-state index contributed by atoms with van der Waals surface area (Å²) in [5, 5.41) is 4.30. The lowest BCUT2D eigenvalue weighted by molar-refractivity contribution is -0.121. The highest BCUT2D eigenvalue weighted by atomic mass is 32.2. The summed E-state index contributed by atoms with van der Waals surface area (Å²) in [7, 11) is 0. The molecule has 2 heterocycles. The highest BCUT2D eigenvalue weighted by Crippen LogP contribution is 2.31. The minimum atomic E-state index is -0.297. The fourth-order valence-electron chi connectivity index (χ4n) is 3.97. The van der Waals surface area contributed by atoms with Crippen molar-refractivity contribution >= 4 is 39.2 Å². The number of carbonyl (C=O) groups is 1. The van der Waals surface area contributed by atoms with Gasteiger partial charge in [-0.15, -0.1) is 11.3 Å². The van der Waals surface area contributed by atoms with Crippen molar-refractivity contribution < 1.29 is 4.79 Å². The summed E-state index contributed by atoms with van der Waals surface area (Å²) in [6.45, 7) is 12.9. The molecule has 1 N–H and O–H groups in total. The van der Waals surface area contributed by atoms with Crippen LogP contribution in [0.1, 0.15) is 57.4 Å². The second-order valence-electron chi connectivity index (χ2n) is 8.05. The molecule has 0 saturated heterocycles. The zero-order valence-corrected chi connectivity index (χ0v) is 19.3. The molecule has 1 aliphatic rings. The number of nitrogens with one attached hydrogen (secondary N) is 1. The van der Waals surface area contributed by atoms with Crippen LogP contribution in [0.4, 0.5) is 0 Å². The zero-order valence-electron chi connectivity index (χ0n) is 17.7. The van der Waals surface area contributed by atoms with E-state index in [-0.39, 0.29) is 22.8 Å². The number of hydrogen-bond donors (Lipinski definition) is 1. The second kappa shape index (κ2) is 8.57. The number of hydrogen-bond acceptors (Lipinski definition) is 5. The van der Waals surface area contributed by atoms with Crippen molar-refractivity contribution in [1.29, 1.82) is 0 Å². The van der Waals surface area contributed by atoms with Gasteiger partial charge in [0.15, 0.2) is 5.16 Å². The molecule has 0 bridgehead atoms. The van der Waals surface area contributed by atoms with Crippen LogP contribution in [0.25, 0.3) is 10.2 Å². The first-order valence-electron chi connectivity index (χ1n) is 10.2. The predicted molar refractivity (Wildman–Crippen MR) is 118 cm³/mol. The molecule has 1 amide bonds. The van der Waals surface area contributed by atoms with Gasteiger partial charge in [-0.25, -0.2) is 4.98 Å². The van der Waals surface area contributed by atoms with Crippen LogP contribution >= 0.6 is 23.1 Å². The lowest BCUT2D eigenvalue weighted by atomic mass is 9.78. The fourth-order valence-corrected chi connectivity index (χ4v) is 6.03. The number of aromatic nitrogens is 2. The van der Waals surface area contributed by atoms with Crippen molar-refractivity contribution in [2.45, 2.75) is 83.8 Å². The topological polar surface area (TPSA) is 64.0 Å². The molecule has 28 heavy (non-hydrogen) atoms. The van der Waals surface area contributed by atoms with Crippen molar-refractivity contribution in [1.82, 2.24) is 14.9 Å². The maximum atomic E-state index is 13.0. The first-order valence-corrected chi connectivity index (χ1v) is 11.9. The number of amides is 1. The number of thioether (sulfide) groups is 1. The molecule has 0 aromatic carbocycles. The van der Waals surface area contributed by atoms with Crippen LogP contribution in [-0.2, 0) is 11.3 Å². The van der Waals surface area contributed by atoms with Crippen LogP contribution in [0, 0.1) is 25.7 Å². The molecule has 1 saturated carbocycles. The summed E-state index contributed by atoms with van der Waals surface area (Å²) in [5.41, 5.74) is 1.02. The molecule has 2 aromatic heterocycles. The SMILES string of the molecule is CCn1c(S[C@@H](C)C(=O)N[C@@H]2CCC[C@H](C)[C@@H]2C)nc2sc(C)c(C)c2c1=O. The quantitative estimate of drug-likeness (QED) is 0.570. The van der Waals surface area contributed by atoms with Crippen LogP contribution in [0.5, 0.6) is 0 Å². The van der Waals surface area contributed by atoms with Gasteiger partial charge in [0.2, 0.25) is 5.91 Å². The Morgan fingerprint density at radius 1 is 1.36 bits per heavy atom. The molecule has 0 radical (unpaired) electrons. The summed E-state index contributed by atoms with van der Waals surface area (Å²) in [4.78, 5) is 32.5. The van der Waals surface area contributed by atoms with Crippen molar-refractivity contribution in [3.05, 3.63) is 20.8 Å². The Balaban J connectivity index is 1.81. The molecule has 5 nitrogen and oxygen atoms in total. The van der Waals surface area contributed by atoms with Crippen molar-refractivity contribution in [2.24, 2.45) is 11.8 Å². The average molecular weight is 422 g/mol. The molecule has 1 fully saturated rings. The van der Waals surface area contributed by atoms with Crippen LogP contribution in [-0.4, -0.2) is 26.8 Å². The van der Waals surface area contributed by atoms with Gasteiger partial charge in [-0.05, 0) is 51.5 Å². The normalized spacial score (nSPS) is 23.7. The third-order valence-electron chi connectivity index (χ3n) is 6.26. The van der Waals surface area contributed by atoms with E-state index < -0.39 is 0 Å². The molecule has 1 aliphatic carbocycles. The Kier molecular flexibility index (Phi) is 6.54. The van der Waals surface area contributed by atoms with Crippen LogP contribution in [0.15, 0.2) is 9.95 Å². The molecule has 7 heteroatoms. The smallest absolute Gasteiger partial charge is 0.263 e. The van der Waals surface area contributed by atoms with Gasteiger partial charge in [0, 0.05) is 17.5 Å². The predicted octanol–water partition coefficient (Wildman–Crippen LogP) is 4.52. The van der Waals surface area contributed by atoms with Crippen LogP contribution < -0.4 is 10.9 Å². The standard InChI is InChI=1S/C21H31N3O2S2/c1-7-24-20(26)17-13(4)14(5)27-19(17)23-21(24)28-15(6)18(25)22-16-10-8-9-11(2)12(16)3/h11-12,15-16H,7-10H2,1-6H3,(H,22,25)/t11-,12-,15-,16+/m0/s1. The molecule has 0 unspecified atom stereocenters. The van der Waals surface area contributed by atoms with E-state index >= 15 is 0 Å². The van der Waals surface area contributed by atoms with E-state index in [9.17, 15) is 9.59 Å². The molecular weight excluding hydrogens is 390 g/mol. The molecule has 154 valence electrons. The second-order valence-corrected chi connectivity index (χ2v) is 10.6. The molecule has 4 atom stereocenters. The maximum Gasteiger partial charge on any atom is 0.263 e. The number of fused-ring (bicyclic) bond motifs is 1. The highest BCUT2D eigenvalue weighted by Gasteiger charge is 2.30. The van der Waals surface area contributed by atoms with E-state index in [4.69, 9.17) is 4.98 Å². The van der Waals surface area contributed by atoms with E-state index in [0.717, 1.165) is 27.1 Å². The third kappa shape index (κ3) is 4.01. The third-order valence-corrected chi connectivity index (χ3v) is 8.45. The van der Waals surface area contributed by atoms with Crippen molar-refractivity contribution in [2.75, 3.05) is 0 Å². The van der Waals surface area contributed by atoms with Crippen LogP contribution in [0.3, 0.4) is 0 Å². The van der Waals surface area contributed by atoms with Gasteiger partial charge in [-0.3, -0.25) is 14.2 Å². The highest BCUT2D eigenvalue weighted by molar-refractivity contribution is 8.00. The van der Waals surface area contributed by atoms with E-state index in [2.05, 4.69) is 19.2 Å². The Labute approximate surface area is 175 Å². The van der Waals surface area contributed by atoms with Crippen molar-refractivity contribution in [3.8, 4) is 0 Å². The Hall–Kier alpha value is -1.34. The lowest BCUT2D eigenvalue weighted by Crippen LogP contribution is -2.46. The zero-order chi connectivity index (χ0) is 20.6. The number of nitrogens with zero attached hydrogens (tertiary/aromatic N) is 2. The fraction of sp³-hybridized carbons (Fsp3) is 0.667. The number of thiophene rings is 1. The molecule has 3 rings (SSSR count). The molecule has 2 aromatic rings. The maximum absolute atomic E-state index is 13.0. The summed E-state index contributed by atoms with van der Waals surface area (Å²) in [6.07, 6.45) is 3.46. The van der Waals surface area contributed by atoms with Gasteiger partial charge in [-0.1, -0.05) is 38.5 Å². The first kappa shape index (κ1) is 21.4. The minimum absolute atomic E-state index is 0.000754.